The van der Waals surface area contributed by atoms with Crippen molar-refractivity contribution in [2.75, 3.05) is 23.7 Å². The number of halogens is 2. The summed E-state index contributed by atoms with van der Waals surface area (Å²) in [5, 5.41) is 3.47. The minimum Gasteiger partial charge on any atom is -0.457 e. The van der Waals surface area contributed by atoms with Crippen molar-refractivity contribution in [1.29, 1.82) is 0 Å². The number of anilines is 1. The maximum Gasteiger partial charge on any atom is 0.244 e. The first-order valence-corrected chi connectivity index (χ1v) is 16.5. The number of amides is 2. The molecule has 2 amide bonds. The molecule has 0 radical (unpaired) electrons. The molecule has 0 bridgehead atoms. The molecule has 1 atom stereocenters. The second-order valence-corrected chi connectivity index (χ2v) is 12.8. The molecule has 0 fully saturated rings. The van der Waals surface area contributed by atoms with E-state index >= 15 is 0 Å². The molecule has 0 spiro atoms. The zero-order chi connectivity index (χ0) is 31.7. The van der Waals surface area contributed by atoms with E-state index < -0.39 is 28.5 Å². The third kappa shape index (κ3) is 8.98. The second-order valence-electron chi connectivity index (χ2n) is 10.0. The molecule has 44 heavy (non-hydrogen) atoms. The smallest absolute Gasteiger partial charge is 0.244 e. The monoisotopic (exact) mass is 653 g/mol. The fourth-order valence-electron chi connectivity index (χ4n) is 4.60. The minimum absolute atomic E-state index is 0.00812. The Labute approximate surface area is 268 Å². The molecule has 11 heteroatoms. The van der Waals surface area contributed by atoms with Crippen LogP contribution in [0.2, 0.25) is 10.0 Å². The summed E-state index contributed by atoms with van der Waals surface area (Å²) < 4.78 is 32.9. The van der Waals surface area contributed by atoms with Gasteiger partial charge in [0.15, 0.2) is 0 Å². The third-order valence-electron chi connectivity index (χ3n) is 6.74. The van der Waals surface area contributed by atoms with Crippen LogP contribution >= 0.6 is 23.2 Å². The molecule has 230 valence electrons. The minimum atomic E-state index is -3.91. The van der Waals surface area contributed by atoms with Gasteiger partial charge in [-0.05, 0) is 66.6 Å². The predicted molar refractivity (Wildman–Crippen MR) is 175 cm³/mol. The van der Waals surface area contributed by atoms with Crippen LogP contribution in [0.15, 0.2) is 103 Å². The van der Waals surface area contributed by atoms with Crippen LogP contribution in [0, 0.1) is 0 Å². The summed E-state index contributed by atoms with van der Waals surface area (Å²) in [4.78, 5) is 29.0. The van der Waals surface area contributed by atoms with Gasteiger partial charge in [-0.1, -0.05) is 77.8 Å². The number of nitrogens with zero attached hydrogens (tertiary/aromatic N) is 2. The average Bonchev–Trinajstić information content (AvgIpc) is 3.00. The maximum absolute atomic E-state index is 14.1. The van der Waals surface area contributed by atoms with Crippen molar-refractivity contribution in [3.63, 3.8) is 0 Å². The first-order valence-electron chi connectivity index (χ1n) is 13.9. The van der Waals surface area contributed by atoms with E-state index in [0.717, 1.165) is 16.1 Å². The Morgan fingerprint density at radius 1 is 0.818 bits per heavy atom. The number of para-hydroxylation sites is 1. The Balaban J connectivity index is 1.67. The molecule has 0 heterocycles. The standard InChI is InChI=1S/C33H33Cl2N3O5S/c1-3-36-33(40)31(21-24-10-6-4-7-11-24)37(22-25-14-19-29(34)30(35)20-25)32(39)23-38(44(2,41)42)26-15-17-28(18-16-26)43-27-12-8-5-9-13-27/h4-20,31H,3,21-23H2,1-2H3,(H,36,40)/t31-/m1/s1. The van der Waals surface area contributed by atoms with E-state index in [2.05, 4.69) is 5.32 Å². The van der Waals surface area contributed by atoms with Gasteiger partial charge in [-0.2, -0.15) is 0 Å². The van der Waals surface area contributed by atoms with E-state index in [-0.39, 0.29) is 24.6 Å². The Morgan fingerprint density at radius 2 is 1.43 bits per heavy atom. The van der Waals surface area contributed by atoms with Gasteiger partial charge in [0, 0.05) is 19.5 Å². The van der Waals surface area contributed by atoms with Crippen molar-refractivity contribution in [1.82, 2.24) is 10.2 Å². The predicted octanol–water partition coefficient (Wildman–Crippen LogP) is 6.33. The van der Waals surface area contributed by atoms with E-state index in [1.54, 1.807) is 61.5 Å². The molecule has 4 rings (SSSR count). The molecule has 0 unspecified atom stereocenters. The van der Waals surface area contributed by atoms with Crippen molar-refractivity contribution >= 4 is 50.7 Å². The zero-order valence-electron chi connectivity index (χ0n) is 24.3. The Hall–Kier alpha value is -4.05. The summed E-state index contributed by atoms with van der Waals surface area (Å²) in [5.41, 5.74) is 1.74. The SMILES string of the molecule is CCNC(=O)[C@@H](Cc1ccccc1)N(Cc1ccc(Cl)c(Cl)c1)C(=O)CN(c1ccc(Oc2ccccc2)cc1)S(C)(=O)=O. The van der Waals surface area contributed by atoms with Crippen LogP contribution in [0.3, 0.4) is 0 Å². The first-order chi connectivity index (χ1) is 21.0. The van der Waals surface area contributed by atoms with Gasteiger partial charge >= 0.3 is 0 Å². The highest BCUT2D eigenvalue weighted by Crippen LogP contribution is 2.27. The summed E-state index contributed by atoms with van der Waals surface area (Å²) in [7, 11) is -3.91. The van der Waals surface area contributed by atoms with Crippen LogP contribution in [-0.2, 0) is 32.6 Å². The van der Waals surface area contributed by atoms with E-state index in [4.69, 9.17) is 27.9 Å². The van der Waals surface area contributed by atoms with Gasteiger partial charge < -0.3 is 15.0 Å². The van der Waals surface area contributed by atoms with Gasteiger partial charge in [-0.25, -0.2) is 8.42 Å². The normalized spacial score (nSPS) is 11.8. The van der Waals surface area contributed by atoms with Crippen molar-refractivity contribution in [3.8, 4) is 11.5 Å². The van der Waals surface area contributed by atoms with Crippen LogP contribution < -0.4 is 14.4 Å². The lowest BCUT2D eigenvalue weighted by atomic mass is 10.0. The van der Waals surface area contributed by atoms with Crippen molar-refractivity contribution in [2.24, 2.45) is 0 Å². The Kier molecular flexibility index (Phi) is 11.3. The lowest BCUT2D eigenvalue weighted by Gasteiger charge is -2.33. The largest absolute Gasteiger partial charge is 0.457 e. The molecule has 0 saturated carbocycles. The van der Waals surface area contributed by atoms with Crippen LogP contribution in [0.25, 0.3) is 0 Å². The van der Waals surface area contributed by atoms with Gasteiger partial charge in [0.25, 0.3) is 0 Å². The van der Waals surface area contributed by atoms with Crippen molar-refractivity contribution in [3.05, 3.63) is 124 Å². The first kappa shape index (κ1) is 32.9. The van der Waals surface area contributed by atoms with E-state index in [1.807, 2.05) is 48.5 Å². The summed E-state index contributed by atoms with van der Waals surface area (Å²) in [6.07, 6.45) is 1.24. The molecule has 0 aliphatic carbocycles. The second kappa shape index (κ2) is 15.1. The number of hydrogen-bond acceptors (Lipinski definition) is 5. The molecule has 0 aliphatic heterocycles. The molecule has 8 nitrogen and oxygen atoms in total. The van der Waals surface area contributed by atoms with Gasteiger partial charge in [-0.15, -0.1) is 0 Å². The topological polar surface area (TPSA) is 96.0 Å². The number of nitrogens with one attached hydrogen (secondary N) is 1. The number of carbonyl (C=O) groups is 2. The Bertz CT molecular complexity index is 1670. The van der Waals surface area contributed by atoms with Gasteiger partial charge in [-0.3, -0.25) is 13.9 Å². The van der Waals surface area contributed by atoms with Crippen LogP contribution in [0.4, 0.5) is 5.69 Å². The van der Waals surface area contributed by atoms with Crippen LogP contribution in [0.1, 0.15) is 18.1 Å². The molecule has 1 N–H and O–H groups in total. The summed E-state index contributed by atoms with van der Waals surface area (Å²) in [5.74, 6) is 0.194. The van der Waals surface area contributed by atoms with E-state index in [1.165, 1.54) is 4.90 Å². The van der Waals surface area contributed by atoms with E-state index in [0.29, 0.717) is 33.7 Å². The fourth-order valence-corrected chi connectivity index (χ4v) is 5.77. The highest BCUT2D eigenvalue weighted by molar-refractivity contribution is 7.92. The van der Waals surface area contributed by atoms with Gasteiger partial charge in [0.1, 0.15) is 24.1 Å². The highest BCUT2D eigenvalue weighted by Gasteiger charge is 2.33. The number of hydrogen-bond donors (Lipinski definition) is 1. The zero-order valence-corrected chi connectivity index (χ0v) is 26.6. The molecule has 4 aromatic rings. The number of ether oxygens (including phenoxy) is 1. The average molecular weight is 655 g/mol. The van der Waals surface area contributed by atoms with Crippen LogP contribution in [-0.4, -0.2) is 50.5 Å². The molecule has 4 aromatic carbocycles. The number of carbonyl (C=O) groups excluding carboxylic acids is 2. The lowest BCUT2D eigenvalue weighted by molar-refractivity contribution is -0.140. The molecular weight excluding hydrogens is 621 g/mol. The number of sulfonamides is 1. The Morgan fingerprint density at radius 3 is 2.02 bits per heavy atom. The van der Waals surface area contributed by atoms with E-state index in [9.17, 15) is 18.0 Å². The molecule has 0 aliphatic rings. The summed E-state index contributed by atoms with van der Waals surface area (Å²) in [6, 6.07) is 28.9. The maximum atomic E-state index is 14.1. The summed E-state index contributed by atoms with van der Waals surface area (Å²) >= 11 is 12.4. The molecular formula is C33H33Cl2N3O5S. The number of rotatable bonds is 13. The number of likely N-dealkylation sites (N-methyl/N-ethyl adjacent to an activating group) is 1. The highest BCUT2D eigenvalue weighted by atomic mass is 35.5. The quantitative estimate of drug-likeness (QED) is 0.182. The van der Waals surface area contributed by atoms with Crippen molar-refractivity contribution in [2.45, 2.75) is 25.9 Å². The molecule has 0 aromatic heterocycles. The fraction of sp³-hybridized carbons (Fsp3) is 0.212. The van der Waals surface area contributed by atoms with Gasteiger partial charge in [0.2, 0.25) is 21.8 Å². The summed E-state index contributed by atoms with van der Waals surface area (Å²) in [6.45, 7) is 1.60. The van der Waals surface area contributed by atoms with Crippen molar-refractivity contribution < 1.29 is 22.7 Å². The lowest BCUT2D eigenvalue weighted by Crippen LogP contribution is -2.53. The number of benzene rings is 4. The third-order valence-corrected chi connectivity index (χ3v) is 8.62. The molecule has 0 saturated heterocycles. The van der Waals surface area contributed by atoms with Crippen LogP contribution in [0.5, 0.6) is 11.5 Å². The van der Waals surface area contributed by atoms with Gasteiger partial charge in [0.05, 0.1) is 22.0 Å².